The fourth-order valence-electron chi connectivity index (χ4n) is 1.79. The SMILES string of the molecule is CN(C(=O)NN)c1cn(C)c2ccccc12. The third kappa shape index (κ3) is 1.51. The van der Waals surface area contributed by atoms with E-state index in [0.717, 1.165) is 16.6 Å². The lowest BCUT2D eigenvalue weighted by Gasteiger charge is -2.14. The van der Waals surface area contributed by atoms with Gasteiger partial charge in [0.05, 0.1) is 5.69 Å². The average Bonchev–Trinajstić information content (AvgIpc) is 2.65. The number of anilines is 1. The number of para-hydroxylation sites is 1. The zero-order valence-electron chi connectivity index (χ0n) is 9.27. The molecule has 0 fully saturated rings. The van der Waals surface area contributed by atoms with Crippen molar-refractivity contribution in [2.24, 2.45) is 12.9 Å². The first-order chi connectivity index (χ1) is 7.65. The third-order valence-corrected chi connectivity index (χ3v) is 2.67. The number of aryl methyl sites for hydroxylation is 1. The highest BCUT2D eigenvalue weighted by molar-refractivity contribution is 6.02. The normalized spacial score (nSPS) is 10.4. The number of carbonyl (C=O) groups is 1. The van der Waals surface area contributed by atoms with E-state index < -0.39 is 0 Å². The van der Waals surface area contributed by atoms with Gasteiger partial charge in [0.15, 0.2) is 0 Å². The Bertz CT molecular complexity index is 532. The molecule has 1 aromatic carbocycles. The van der Waals surface area contributed by atoms with Gasteiger partial charge in [0, 0.05) is 31.2 Å². The topological polar surface area (TPSA) is 63.3 Å². The van der Waals surface area contributed by atoms with E-state index >= 15 is 0 Å². The number of hydrogen-bond donors (Lipinski definition) is 2. The molecule has 0 unspecified atom stereocenters. The van der Waals surface area contributed by atoms with Crippen LogP contribution in [0.4, 0.5) is 10.5 Å². The molecule has 0 atom stereocenters. The lowest BCUT2D eigenvalue weighted by Crippen LogP contribution is -2.41. The number of hydrazine groups is 1. The van der Waals surface area contributed by atoms with Crippen molar-refractivity contribution in [1.29, 1.82) is 0 Å². The van der Waals surface area contributed by atoms with Crippen LogP contribution in [0.25, 0.3) is 10.9 Å². The fourth-order valence-corrected chi connectivity index (χ4v) is 1.79. The van der Waals surface area contributed by atoms with E-state index in [-0.39, 0.29) is 6.03 Å². The van der Waals surface area contributed by atoms with Gasteiger partial charge in [-0.2, -0.15) is 0 Å². The fraction of sp³-hybridized carbons (Fsp3) is 0.182. The Hall–Kier alpha value is -2.01. The lowest BCUT2D eigenvalue weighted by atomic mass is 10.2. The van der Waals surface area contributed by atoms with Gasteiger partial charge in [0.25, 0.3) is 0 Å². The standard InChI is InChI=1S/C11H14N4O/c1-14-7-10(15(2)11(16)13-12)8-5-3-4-6-9(8)14/h3-7H,12H2,1-2H3,(H,13,16). The van der Waals surface area contributed by atoms with Crippen molar-refractivity contribution in [3.8, 4) is 0 Å². The van der Waals surface area contributed by atoms with E-state index in [1.807, 2.05) is 42.1 Å². The van der Waals surface area contributed by atoms with E-state index in [0.29, 0.717) is 0 Å². The van der Waals surface area contributed by atoms with Crippen molar-refractivity contribution in [2.45, 2.75) is 0 Å². The highest BCUT2D eigenvalue weighted by atomic mass is 16.2. The van der Waals surface area contributed by atoms with Gasteiger partial charge in [-0.15, -0.1) is 0 Å². The number of nitrogens with one attached hydrogen (secondary N) is 1. The lowest BCUT2D eigenvalue weighted by molar-refractivity contribution is 0.248. The summed E-state index contributed by atoms with van der Waals surface area (Å²) in [6.07, 6.45) is 1.90. The van der Waals surface area contributed by atoms with Crippen LogP contribution in [0, 0.1) is 0 Å². The maximum atomic E-state index is 11.4. The van der Waals surface area contributed by atoms with Crippen LogP contribution in [0.1, 0.15) is 0 Å². The van der Waals surface area contributed by atoms with E-state index in [9.17, 15) is 4.79 Å². The molecular formula is C11H14N4O. The van der Waals surface area contributed by atoms with Crippen LogP contribution in [0.2, 0.25) is 0 Å². The molecule has 0 aliphatic rings. The first-order valence-corrected chi connectivity index (χ1v) is 4.93. The van der Waals surface area contributed by atoms with Crippen LogP contribution in [-0.2, 0) is 7.05 Å². The maximum absolute atomic E-state index is 11.4. The third-order valence-electron chi connectivity index (χ3n) is 2.67. The van der Waals surface area contributed by atoms with Crippen molar-refractivity contribution >= 4 is 22.6 Å². The Morgan fingerprint density at radius 1 is 1.44 bits per heavy atom. The number of rotatable bonds is 1. The van der Waals surface area contributed by atoms with Crippen LogP contribution < -0.4 is 16.2 Å². The average molecular weight is 218 g/mol. The molecule has 0 saturated carbocycles. The smallest absolute Gasteiger partial charge is 0.335 e. The Kier molecular flexibility index (Phi) is 2.54. The molecule has 0 bridgehead atoms. The van der Waals surface area contributed by atoms with Gasteiger partial charge in [0.1, 0.15) is 0 Å². The minimum Gasteiger partial charge on any atom is -0.348 e. The highest BCUT2D eigenvalue weighted by Crippen LogP contribution is 2.27. The summed E-state index contributed by atoms with van der Waals surface area (Å²) in [7, 11) is 3.63. The first kappa shape index (κ1) is 10.5. The summed E-state index contributed by atoms with van der Waals surface area (Å²) in [4.78, 5) is 12.9. The van der Waals surface area contributed by atoms with E-state index in [2.05, 4.69) is 5.43 Å². The molecule has 84 valence electrons. The number of urea groups is 1. The zero-order chi connectivity index (χ0) is 11.7. The van der Waals surface area contributed by atoms with Gasteiger partial charge in [-0.05, 0) is 6.07 Å². The molecule has 3 N–H and O–H groups in total. The quantitative estimate of drug-likeness (QED) is 0.429. The number of nitrogens with zero attached hydrogens (tertiary/aromatic N) is 2. The summed E-state index contributed by atoms with van der Waals surface area (Å²) in [6.45, 7) is 0. The Labute approximate surface area is 93.4 Å². The molecule has 2 aromatic rings. The van der Waals surface area contributed by atoms with Gasteiger partial charge in [0.2, 0.25) is 0 Å². The van der Waals surface area contributed by atoms with E-state index in [4.69, 9.17) is 5.84 Å². The summed E-state index contributed by atoms with van der Waals surface area (Å²) in [5.41, 5.74) is 4.03. The predicted molar refractivity (Wildman–Crippen MR) is 64.0 cm³/mol. The van der Waals surface area contributed by atoms with E-state index in [1.165, 1.54) is 4.90 Å². The molecule has 1 heterocycles. The Morgan fingerprint density at radius 2 is 2.12 bits per heavy atom. The second-order valence-electron chi connectivity index (χ2n) is 3.65. The van der Waals surface area contributed by atoms with Gasteiger partial charge >= 0.3 is 6.03 Å². The van der Waals surface area contributed by atoms with Crippen molar-refractivity contribution in [3.63, 3.8) is 0 Å². The van der Waals surface area contributed by atoms with Gasteiger partial charge in [-0.25, -0.2) is 10.6 Å². The molecule has 5 heteroatoms. The minimum absolute atomic E-state index is 0.337. The summed E-state index contributed by atoms with van der Waals surface area (Å²) in [5.74, 6) is 5.11. The molecule has 2 rings (SSSR count). The molecule has 2 amide bonds. The second kappa shape index (κ2) is 3.86. The number of nitrogens with two attached hydrogens (primary N) is 1. The number of fused-ring (bicyclic) bond motifs is 1. The van der Waals surface area contributed by atoms with Crippen LogP contribution in [0.5, 0.6) is 0 Å². The van der Waals surface area contributed by atoms with Gasteiger partial charge in [-0.3, -0.25) is 10.3 Å². The molecular weight excluding hydrogens is 204 g/mol. The van der Waals surface area contributed by atoms with Gasteiger partial charge < -0.3 is 4.57 Å². The van der Waals surface area contributed by atoms with Crippen LogP contribution in [-0.4, -0.2) is 17.6 Å². The Morgan fingerprint density at radius 3 is 2.81 bits per heavy atom. The number of amides is 2. The second-order valence-corrected chi connectivity index (χ2v) is 3.65. The number of hydrogen-bond acceptors (Lipinski definition) is 2. The minimum atomic E-state index is -0.337. The van der Waals surface area contributed by atoms with Crippen LogP contribution >= 0.6 is 0 Å². The zero-order valence-corrected chi connectivity index (χ0v) is 9.27. The van der Waals surface area contributed by atoms with E-state index in [1.54, 1.807) is 7.05 Å². The first-order valence-electron chi connectivity index (χ1n) is 4.93. The number of benzene rings is 1. The largest absolute Gasteiger partial charge is 0.348 e. The molecule has 0 spiro atoms. The van der Waals surface area contributed by atoms with Crippen LogP contribution in [0.3, 0.4) is 0 Å². The predicted octanol–water partition coefficient (Wildman–Crippen LogP) is 1.20. The van der Waals surface area contributed by atoms with Crippen molar-refractivity contribution < 1.29 is 4.79 Å². The monoisotopic (exact) mass is 218 g/mol. The summed E-state index contributed by atoms with van der Waals surface area (Å²) in [6, 6.07) is 7.56. The summed E-state index contributed by atoms with van der Waals surface area (Å²) in [5, 5.41) is 1.02. The van der Waals surface area contributed by atoms with Crippen molar-refractivity contribution in [2.75, 3.05) is 11.9 Å². The molecule has 0 saturated heterocycles. The number of carbonyl (C=O) groups excluding carboxylic acids is 1. The summed E-state index contributed by atoms with van der Waals surface area (Å²) >= 11 is 0. The Balaban J connectivity index is 2.57. The van der Waals surface area contributed by atoms with Crippen molar-refractivity contribution in [1.82, 2.24) is 9.99 Å². The van der Waals surface area contributed by atoms with Gasteiger partial charge in [-0.1, -0.05) is 18.2 Å². The molecule has 1 aromatic heterocycles. The maximum Gasteiger partial charge on any atom is 0.335 e. The summed E-state index contributed by atoms with van der Waals surface area (Å²) < 4.78 is 1.98. The highest BCUT2D eigenvalue weighted by Gasteiger charge is 2.14. The number of aromatic nitrogens is 1. The molecule has 0 aliphatic carbocycles. The van der Waals surface area contributed by atoms with Crippen LogP contribution in [0.15, 0.2) is 30.5 Å². The van der Waals surface area contributed by atoms with Crippen molar-refractivity contribution in [3.05, 3.63) is 30.5 Å². The molecule has 16 heavy (non-hydrogen) atoms. The molecule has 0 aliphatic heterocycles. The molecule has 5 nitrogen and oxygen atoms in total. The molecule has 0 radical (unpaired) electrons.